The van der Waals surface area contributed by atoms with Crippen molar-refractivity contribution in [2.45, 2.75) is 6.18 Å². The van der Waals surface area contributed by atoms with Crippen molar-refractivity contribution in [3.8, 4) is 11.3 Å². The Bertz CT molecular complexity index is 563. The number of hydrogen-bond acceptors (Lipinski definition) is 1. The third-order valence-electron chi connectivity index (χ3n) is 2.29. The molecule has 0 saturated heterocycles. The Morgan fingerprint density at radius 3 is 2.17 bits per heavy atom. The summed E-state index contributed by atoms with van der Waals surface area (Å²) in [6.07, 6.45) is -3.32. The van der Waals surface area contributed by atoms with Crippen LogP contribution in [0.25, 0.3) is 11.3 Å². The van der Waals surface area contributed by atoms with Crippen molar-refractivity contribution in [2.24, 2.45) is 0 Å². The highest BCUT2D eigenvalue weighted by Gasteiger charge is 2.30. The molecule has 6 heteroatoms. The Morgan fingerprint density at radius 1 is 1.06 bits per heavy atom. The van der Waals surface area contributed by atoms with Gasteiger partial charge in [-0.25, -0.2) is 4.39 Å². The van der Waals surface area contributed by atoms with E-state index in [-0.39, 0.29) is 0 Å². The molecule has 0 aliphatic carbocycles. The van der Waals surface area contributed by atoms with E-state index in [0.717, 1.165) is 18.3 Å². The van der Waals surface area contributed by atoms with Crippen molar-refractivity contribution in [1.82, 2.24) is 4.98 Å². The number of pyridine rings is 1. The molecule has 1 aromatic heterocycles. The molecule has 0 unspecified atom stereocenters. The molecule has 0 radical (unpaired) electrons. The van der Waals surface area contributed by atoms with Crippen LogP contribution >= 0.6 is 22.6 Å². The van der Waals surface area contributed by atoms with Gasteiger partial charge in [-0.2, -0.15) is 13.2 Å². The molecule has 0 bridgehead atoms. The smallest absolute Gasteiger partial charge is 0.252 e. The zero-order valence-corrected chi connectivity index (χ0v) is 11.0. The molecule has 1 nitrogen and oxygen atoms in total. The molecule has 1 heterocycles. The van der Waals surface area contributed by atoms with Crippen LogP contribution in [0.4, 0.5) is 17.6 Å². The van der Waals surface area contributed by atoms with E-state index in [1.807, 2.05) is 22.6 Å². The Kier molecular flexibility index (Phi) is 3.56. The van der Waals surface area contributed by atoms with Gasteiger partial charge >= 0.3 is 6.18 Å². The predicted octanol–water partition coefficient (Wildman–Crippen LogP) is 4.51. The van der Waals surface area contributed by atoms with E-state index in [9.17, 15) is 17.6 Å². The Hall–Kier alpha value is -1.18. The summed E-state index contributed by atoms with van der Waals surface area (Å²) in [6.45, 7) is 0. The normalized spacial score (nSPS) is 11.6. The average Bonchev–Trinajstić information content (AvgIpc) is 2.28. The van der Waals surface area contributed by atoms with Gasteiger partial charge in [0.1, 0.15) is 5.82 Å². The van der Waals surface area contributed by atoms with E-state index in [4.69, 9.17) is 0 Å². The largest absolute Gasteiger partial charge is 0.416 e. The Morgan fingerprint density at radius 2 is 1.67 bits per heavy atom. The van der Waals surface area contributed by atoms with Gasteiger partial charge in [0.2, 0.25) is 0 Å². The number of nitrogens with zero attached hydrogens (tertiary/aromatic N) is 1. The summed E-state index contributed by atoms with van der Waals surface area (Å²) < 4.78 is 50.6. The molecule has 0 aliphatic heterocycles. The van der Waals surface area contributed by atoms with Crippen LogP contribution in [0, 0.1) is 9.39 Å². The molecule has 2 rings (SSSR count). The van der Waals surface area contributed by atoms with Crippen molar-refractivity contribution >= 4 is 22.6 Å². The number of aromatic nitrogens is 1. The van der Waals surface area contributed by atoms with E-state index >= 15 is 0 Å². The molecular formula is C12H6F4IN. The molecule has 94 valence electrons. The van der Waals surface area contributed by atoms with Crippen molar-refractivity contribution < 1.29 is 17.6 Å². The molecule has 0 saturated carbocycles. The highest BCUT2D eigenvalue weighted by atomic mass is 127. The third kappa shape index (κ3) is 2.80. The standard InChI is InChI=1S/C12H6F4IN/c13-9-5-10(17)11(18-6-9)7-1-3-8(4-2-7)12(14,15)16/h1-6H. The summed E-state index contributed by atoms with van der Waals surface area (Å²) in [5.74, 6) is -0.477. The summed E-state index contributed by atoms with van der Waals surface area (Å²) in [6, 6.07) is 5.89. The van der Waals surface area contributed by atoms with E-state index in [1.54, 1.807) is 0 Å². The van der Waals surface area contributed by atoms with Crippen LogP contribution in [0.1, 0.15) is 5.56 Å². The highest BCUT2D eigenvalue weighted by molar-refractivity contribution is 14.1. The molecule has 1 aromatic carbocycles. The second-order valence-electron chi connectivity index (χ2n) is 3.56. The zero-order valence-electron chi connectivity index (χ0n) is 8.80. The number of alkyl halides is 3. The molecule has 0 fully saturated rings. The SMILES string of the molecule is Fc1cnc(-c2ccc(C(F)(F)F)cc2)c(I)c1. The predicted molar refractivity (Wildman–Crippen MR) is 67.4 cm³/mol. The first-order valence-electron chi connectivity index (χ1n) is 4.86. The summed E-state index contributed by atoms with van der Waals surface area (Å²) in [5, 5.41) is 0. The number of benzene rings is 1. The van der Waals surface area contributed by atoms with Crippen LogP contribution in [-0.2, 0) is 6.18 Å². The lowest BCUT2D eigenvalue weighted by atomic mass is 10.1. The Labute approximate surface area is 114 Å². The molecule has 0 N–H and O–H groups in total. The lowest BCUT2D eigenvalue weighted by Crippen LogP contribution is -2.04. The van der Waals surface area contributed by atoms with Gasteiger partial charge in [0.25, 0.3) is 0 Å². The summed E-state index contributed by atoms with van der Waals surface area (Å²) in [4.78, 5) is 3.88. The third-order valence-corrected chi connectivity index (χ3v) is 3.12. The fourth-order valence-corrected chi connectivity index (χ4v) is 2.19. The van der Waals surface area contributed by atoms with Gasteiger partial charge in [0.15, 0.2) is 0 Å². The van der Waals surface area contributed by atoms with Gasteiger partial charge in [0.05, 0.1) is 17.5 Å². The van der Waals surface area contributed by atoms with Gasteiger partial charge < -0.3 is 0 Å². The lowest BCUT2D eigenvalue weighted by molar-refractivity contribution is -0.137. The van der Waals surface area contributed by atoms with Crippen molar-refractivity contribution in [3.05, 3.63) is 51.5 Å². The lowest BCUT2D eigenvalue weighted by Gasteiger charge is -2.08. The summed E-state index contributed by atoms with van der Waals surface area (Å²) >= 11 is 1.89. The van der Waals surface area contributed by atoms with Crippen LogP contribution in [0.15, 0.2) is 36.5 Å². The number of rotatable bonds is 1. The minimum Gasteiger partial charge on any atom is -0.252 e. The van der Waals surface area contributed by atoms with Crippen LogP contribution in [0.5, 0.6) is 0 Å². The molecule has 0 spiro atoms. The van der Waals surface area contributed by atoms with Gasteiger partial charge in [-0.15, -0.1) is 0 Å². The maximum atomic E-state index is 12.9. The first-order valence-corrected chi connectivity index (χ1v) is 5.94. The van der Waals surface area contributed by atoms with E-state index < -0.39 is 17.6 Å². The van der Waals surface area contributed by atoms with Gasteiger partial charge in [0, 0.05) is 9.13 Å². The molecule has 0 atom stereocenters. The maximum Gasteiger partial charge on any atom is 0.416 e. The molecule has 18 heavy (non-hydrogen) atoms. The minimum atomic E-state index is -4.36. The topological polar surface area (TPSA) is 12.9 Å². The maximum absolute atomic E-state index is 12.9. The fraction of sp³-hybridized carbons (Fsp3) is 0.0833. The minimum absolute atomic E-state index is 0.464. The highest BCUT2D eigenvalue weighted by Crippen LogP contribution is 2.31. The van der Waals surface area contributed by atoms with Crippen LogP contribution in [-0.4, -0.2) is 4.98 Å². The average molecular weight is 367 g/mol. The molecule has 0 amide bonds. The second kappa shape index (κ2) is 4.83. The number of halogens is 5. The van der Waals surface area contributed by atoms with Gasteiger partial charge in [-0.1, -0.05) is 12.1 Å². The first kappa shape index (κ1) is 13.3. The Balaban J connectivity index is 2.41. The van der Waals surface area contributed by atoms with Crippen LogP contribution in [0.2, 0.25) is 0 Å². The summed E-state index contributed by atoms with van der Waals surface area (Å²) in [5.41, 5.74) is 0.265. The van der Waals surface area contributed by atoms with Crippen molar-refractivity contribution in [2.75, 3.05) is 0 Å². The fourth-order valence-electron chi connectivity index (χ4n) is 1.44. The molecule has 2 aromatic rings. The monoisotopic (exact) mass is 367 g/mol. The summed E-state index contributed by atoms with van der Waals surface area (Å²) in [7, 11) is 0. The van der Waals surface area contributed by atoms with Crippen LogP contribution < -0.4 is 0 Å². The van der Waals surface area contributed by atoms with E-state index in [1.165, 1.54) is 18.2 Å². The number of hydrogen-bond donors (Lipinski definition) is 0. The van der Waals surface area contributed by atoms with E-state index in [2.05, 4.69) is 4.98 Å². The quantitative estimate of drug-likeness (QED) is 0.534. The molecular weight excluding hydrogens is 361 g/mol. The van der Waals surface area contributed by atoms with Crippen molar-refractivity contribution in [1.29, 1.82) is 0 Å². The second-order valence-corrected chi connectivity index (χ2v) is 4.72. The van der Waals surface area contributed by atoms with E-state index in [0.29, 0.717) is 14.8 Å². The van der Waals surface area contributed by atoms with Crippen LogP contribution in [0.3, 0.4) is 0 Å². The van der Waals surface area contributed by atoms with Gasteiger partial charge in [-0.05, 0) is 40.8 Å². The van der Waals surface area contributed by atoms with Gasteiger partial charge in [-0.3, -0.25) is 4.98 Å². The first-order chi connectivity index (χ1) is 8.38. The molecule has 0 aliphatic rings. The van der Waals surface area contributed by atoms with Crippen molar-refractivity contribution in [3.63, 3.8) is 0 Å². The zero-order chi connectivity index (χ0) is 13.3.